The first kappa shape index (κ1) is 13.3. The summed E-state index contributed by atoms with van der Waals surface area (Å²) in [6.07, 6.45) is 5.41. The van der Waals surface area contributed by atoms with E-state index in [2.05, 4.69) is 10.2 Å². The maximum absolute atomic E-state index is 12.5. The number of aryl methyl sites for hydroxylation is 2. The van der Waals surface area contributed by atoms with E-state index in [0.29, 0.717) is 11.3 Å². The molecule has 0 fully saturated rings. The molecule has 21 heavy (non-hydrogen) atoms. The molecular weight excluding hydrogens is 264 g/mol. The molecule has 2 heterocycles. The van der Waals surface area contributed by atoms with Crippen LogP contribution < -0.4 is 5.01 Å². The van der Waals surface area contributed by atoms with Gasteiger partial charge in [0.05, 0.1) is 23.2 Å². The van der Waals surface area contributed by atoms with E-state index < -0.39 is 0 Å². The lowest BCUT2D eigenvalue weighted by molar-refractivity contribution is -0.114. The second kappa shape index (κ2) is 5.01. The fourth-order valence-corrected chi connectivity index (χ4v) is 2.23. The third kappa shape index (κ3) is 2.50. The molecule has 1 aliphatic heterocycles. The maximum Gasteiger partial charge on any atom is 0.280 e. The summed E-state index contributed by atoms with van der Waals surface area (Å²) in [4.78, 5) is 12.5. The number of benzene rings is 1. The Hall–Kier alpha value is -2.69. The van der Waals surface area contributed by atoms with Crippen LogP contribution in [0, 0.1) is 6.92 Å². The number of hydrazone groups is 1. The average molecular weight is 280 g/mol. The molecule has 3 rings (SSSR count). The van der Waals surface area contributed by atoms with Crippen LogP contribution in [-0.4, -0.2) is 21.4 Å². The third-order valence-electron chi connectivity index (χ3n) is 3.38. The van der Waals surface area contributed by atoms with Gasteiger partial charge in [0.2, 0.25) is 0 Å². The molecule has 5 nitrogen and oxygen atoms in total. The van der Waals surface area contributed by atoms with E-state index in [1.165, 1.54) is 5.01 Å². The number of hydrogen-bond acceptors (Lipinski definition) is 3. The molecule has 1 amide bonds. The highest BCUT2D eigenvalue weighted by Gasteiger charge is 2.28. The lowest BCUT2D eigenvalue weighted by Gasteiger charge is -2.11. The largest absolute Gasteiger partial charge is 0.280 e. The van der Waals surface area contributed by atoms with Gasteiger partial charge < -0.3 is 0 Å². The van der Waals surface area contributed by atoms with Gasteiger partial charge in [-0.3, -0.25) is 9.48 Å². The highest BCUT2D eigenvalue weighted by atomic mass is 16.2. The van der Waals surface area contributed by atoms with Crippen molar-refractivity contribution in [2.24, 2.45) is 12.1 Å². The van der Waals surface area contributed by atoms with Crippen molar-refractivity contribution < 1.29 is 4.79 Å². The number of rotatable bonds is 2. The molecule has 0 saturated carbocycles. The predicted octanol–water partition coefficient (Wildman–Crippen LogP) is 2.53. The summed E-state index contributed by atoms with van der Waals surface area (Å²) >= 11 is 0. The van der Waals surface area contributed by atoms with Gasteiger partial charge in [0.25, 0.3) is 5.91 Å². The van der Waals surface area contributed by atoms with Crippen LogP contribution in [0.15, 0.2) is 47.3 Å². The van der Waals surface area contributed by atoms with E-state index >= 15 is 0 Å². The molecule has 1 aromatic heterocycles. The van der Waals surface area contributed by atoms with E-state index in [1.54, 1.807) is 10.9 Å². The van der Waals surface area contributed by atoms with Crippen LogP contribution in [0.1, 0.15) is 18.1 Å². The summed E-state index contributed by atoms with van der Waals surface area (Å²) in [6, 6.07) is 7.74. The van der Waals surface area contributed by atoms with Gasteiger partial charge in [0.15, 0.2) is 0 Å². The lowest BCUT2D eigenvalue weighted by Crippen LogP contribution is -2.21. The van der Waals surface area contributed by atoms with Crippen molar-refractivity contribution >= 4 is 23.4 Å². The summed E-state index contributed by atoms with van der Waals surface area (Å²) in [5.41, 5.74) is 4.13. The van der Waals surface area contributed by atoms with Gasteiger partial charge >= 0.3 is 0 Å². The topological polar surface area (TPSA) is 50.5 Å². The van der Waals surface area contributed by atoms with E-state index in [0.717, 1.165) is 16.8 Å². The zero-order valence-corrected chi connectivity index (χ0v) is 12.2. The number of hydrogen-bond donors (Lipinski definition) is 0. The molecule has 0 saturated heterocycles. The molecule has 0 N–H and O–H groups in total. The van der Waals surface area contributed by atoms with Crippen LogP contribution >= 0.6 is 0 Å². The minimum atomic E-state index is -0.111. The number of carbonyl (C=O) groups is 1. The van der Waals surface area contributed by atoms with Gasteiger partial charge in [-0.25, -0.2) is 0 Å². The zero-order valence-electron chi connectivity index (χ0n) is 12.2. The van der Waals surface area contributed by atoms with Crippen LogP contribution in [0.4, 0.5) is 5.69 Å². The molecule has 0 bridgehead atoms. The van der Waals surface area contributed by atoms with Crippen molar-refractivity contribution in [1.82, 2.24) is 9.78 Å². The molecular formula is C16H16N4O. The first-order valence-electron chi connectivity index (χ1n) is 6.71. The van der Waals surface area contributed by atoms with Crippen LogP contribution in [0.2, 0.25) is 0 Å². The monoisotopic (exact) mass is 280 g/mol. The van der Waals surface area contributed by atoms with Gasteiger partial charge in [0.1, 0.15) is 0 Å². The smallest absolute Gasteiger partial charge is 0.275 e. The van der Waals surface area contributed by atoms with Crippen LogP contribution in [0.25, 0.3) is 6.08 Å². The molecule has 5 heteroatoms. The Kier molecular flexibility index (Phi) is 3.17. The number of carbonyl (C=O) groups excluding carboxylic acids is 1. The first-order valence-corrected chi connectivity index (χ1v) is 6.71. The second-order valence-corrected chi connectivity index (χ2v) is 5.14. The normalized spacial score (nSPS) is 16.7. The Morgan fingerprint density at radius 2 is 1.86 bits per heavy atom. The molecule has 2 aromatic rings. The lowest BCUT2D eigenvalue weighted by atomic mass is 10.1. The third-order valence-corrected chi connectivity index (χ3v) is 3.38. The van der Waals surface area contributed by atoms with Gasteiger partial charge in [-0.05, 0) is 32.1 Å². The van der Waals surface area contributed by atoms with E-state index in [-0.39, 0.29) is 5.91 Å². The summed E-state index contributed by atoms with van der Waals surface area (Å²) in [5, 5.41) is 9.90. The highest BCUT2D eigenvalue weighted by molar-refractivity contribution is 6.32. The fraction of sp³-hybridized carbons (Fsp3) is 0.188. The number of aromatic nitrogens is 2. The SMILES string of the molecule is CC1=NN(c2ccc(C)cc2)C(=O)/C1=C/c1cnn(C)c1. The van der Waals surface area contributed by atoms with E-state index in [4.69, 9.17) is 0 Å². The number of anilines is 1. The molecule has 1 aliphatic rings. The van der Waals surface area contributed by atoms with Crippen molar-refractivity contribution in [3.63, 3.8) is 0 Å². The Morgan fingerprint density at radius 3 is 2.48 bits per heavy atom. The Morgan fingerprint density at radius 1 is 1.14 bits per heavy atom. The summed E-state index contributed by atoms with van der Waals surface area (Å²) in [7, 11) is 1.85. The number of nitrogens with zero attached hydrogens (tertiary/aromatic N) is 4. The van der Waals surface area contributed by atoms with E-state index in [1.807, 2.05) is 57.4 Å². The maximum atomic E-state index is 12.5. The molecule has 0 radical (unpaired) electrons. The fourth-order valence-electron chi connectivity index (χ4n) is 2.23. The molecule has 106 valence electrons. The van der Waals surface area contributed by atoms with Crippen LogP contribution in [0.3, 0.4) is 0 Å². The van der Waals surface area contributed by atoms with Crippen molar-refractivity contribution in [2.45, 2.75) is 13.8 Å². The Labute approximate surface area is 123 Å². The minimum Gasteiger partial charge on any atom is -0.275 e. The Balaban J connectivity index is 1.93. The van der Waals surface area contributed by atoms with Crippen LogP contribution in [-0.2, 0) is 11.8 Å². The van der Waals surface area contributed by atoms with E-state index in [9.17, 15) is 4.79 Å². The predicted molar refractivity (Wildman–Crippen MR) is 83.0 cm³/mol. The van der Waals surface area contributed by atoms with Crippen molar-refractivity contribution in [2.75, 3.05) is 5.01 Å². The number of amides is 1. The zero-order chi connectivity index (χ0) is 15.0. The molecule has 0 atom stereocenters. The van der Waals surface area contributed by atoms with Gasteiger partial charge in [-0.15, -0.1) is 0 Å². The van der Waals surface area contributed by atoms with Gasteiger partial charge in [-0.2, -0.15) is 15.2 Å². The summed E-state index contributed by atoms with van der Waals surface area (Å²) in [5.74, 6) is -0.111. The minimum absolute atomic E-state index is 0.111. The Bertz CT molecular complexity index is 753. The molecule has 0 unspecified atom stereocenters. The second-order valence-electron chi connectivity index (χ2n) is 5.14. The summed E-state index contributed by atoms with van der Waals surface area (Å²) in [6.45, 7) is 3.85. The first-order chi connectivity index (χ1) is 10.0. The molecule has 0 aliphatic carbocycles. The van der Waals surface area contributed by atoms with Crippen molar-refractivity contribution in [3.05, 3.63) is 53.4 Å². The molecule has 1 aromatic carbocycles. The van der Waals surface area contributed by atoms with Crippen molar-refractivity contribution in [1.29, 1.82) is 0 Å². The standard InChI is InChI=1S/C16H16N4O/c1-11-4-6-14(7-5-11)20-16(21)15(12(2)18-20)8-13-9-17-19(3)10-13/h4-10H,1-3H3/b15-8+. The highest BCUT2D eigenvalue weighted by Crippen LogP contribution is 2.25. The van der Waals surface area contributed by atoms with Crippen LogP contribution in [0.5, 0.6) is 0 Å². The quantitative estimate of drug-likeness (QED) is 0.794. The van der Waals surface area contributed by atoms with Gasteiger partial charge in [-0.1, -0.05) is 17.7 Å². The average Bonchev–Trinajstić information content (AvgIpc) is 2.98. The molecule has 0 spiro atoms. The van der Waals surface area contributed by atoms with Gasteiger partial charge in [0, 0.05) is 18.8 Å². The van der Waals surface area contributed by atoms with Crippen molar-refractivity contribution in [3.8, 4) is 0 Å². The summed E-state index contributed by atoms with van der Waals surface area (Å²) < 4.78 is 1.70.